The third-order valence-corrected chi connectivity index (χ3v) is 5.23. The molecule has 0 heterocycles. The van der Waals surface area contributed by atoms with Gasteiger partial charge in [-0.3, -0.25) is 4.57 Å². The zero-order valence-corrected chi connectivity index (χ0v) is 14.8. The van der Waals surface area contributed by atoms with Crippen molar-refractivity contribution < 1.29 is 28.5 Å². The molecule has 0 saturated carbocycles. The summed E-state index contributed by atoms with van der Waals surface area (Å²) in [7, 11) is -3.21. The minimum atomic E-state index is -3.21. The van der Waals surface area contributed by atoms with Crippen LogP contribution in [-0.4, -0.2) is 41.4 Å². The second-order valence-corrected chi connectivity index (χ2v) is 8.07. The molecular formula is C16H27O6P. The largest absolute Gasteiger partial charge is 0.460 e. The van der Waals surface area contributed by atoms with Gasteiger partial charge in [-0.15, -0.1) is 0 Å². The molecule has 132 valence electrons. The zero-order valence-electron chi connectivity index (χ0n) is 13.9. The lowest BCUT2D eigenvalue weighted by atomic mass is 10.2. The Hall–Kier alpha value is -1.39. The number of ether oxygens (including phenoxy) is 2. The molecule has 0 radical (unpaired) electrons. The van der Waals surface area contributed by atoms with E-state index in [1.54, 1.807) is 13.8 Å². The summed E-state index contributed by atoms with van der Waals surface area (Å²) in [5.74, 6) is -0.986. The molecule has 0 bridgehead atoms. The number of esters is 2. The van der Waals surface area contributed by atoms with Crippen molar-refractivity contribution in [2.45, 2.75) is 51.7 Å². The van der Waals surface area contributed by atoms with Crippen molar-refractivity contribution in [3.63, 3.8) is 0 Å². The van der Waals surface area contributed by atoms with Crippen LogP contribution in [0.25, 0.3) is 0 Å². The van der Waals surface area contributed by atoms with Gasteiger partial charge in [-0.25, -0.2) is 9.59 Å². The van der Waals surface area contributed by atoms with E-state index in [0.29, 0.717) is 25.7 Å². The Labute approximate surface area is 138 Å². The van der Waals surface area contributed by atoms with Gasteiger partial charge in [0, 0.05) is 24.5 Å². The molecule has 6 nitrogen and oxygen atoms in total. The lowest BCUT2D eigenvalue weighted by Gasteiger charge is -2.16. The maximum Gasteiger partial charge on any atom is 0.330 e. The molecular weight excluding hydrogens is 319 g/mol. The van der Waals surface area contributed by atoms with E-state index >= 15 is 0 Å². The summed E-state index contributed by atoms with van der Waals surface area (Å²) < 4.78 is 22.0. The van der Waals surface area contributed by atoms with Crippen molar-refractivity contribution in [1.82, 2.24) is 0 Å². The van der Waals surface area contributed by atoms with E-state index in [-0.39, 0.29) is 24.5 Å². The first kappa shape index (κ1) is 21.6. The lowest BCUT2D eigenvalue weighted by Crippen LogP contribution is -2.14. The summed E-state index contributed by atoms with van der Waals surface area (Å²) in [5.41, 5.74) is 0. The number of carbonyl (C=O) groups excluding carboxylic acids is 2. The Balaban J connectivity index is 3.94. The smallest absolute Gasteiger partial charge is 0.330 e. The second kappa shape index (κ2) is 11.2. The molecule has 23 heavy (non-hydrogen) atoms. The van der Waals surface area contributed by atoms with Crippen molar-refractivity contribution in [1.29, 1.82) is 0 Å². The van der Waals surface area contributed by atoms with Crippen molar-refractivity contribution in [3.8, 4) is 0 Å². The van der Waals surface area contributed by atoms with E-state index in [1.807, 2.05) is 0 Å². The Morgan fingerprint density at radius 2 is 1.35 bits per heavy atom. The fourth-order valence-corrected chi connectivity index (χ4v) is 3.55. The summed E-state index contributed by atoms with van der Waals surface area (Å²) in [6.45, 7) is 10.1. The van der Waals surface area contributed by atoms with Gasteiger partial charge >= 0.3 is 11.9 Å². The van der Waals surface area contributed by atoms with Crippen LogP contribution in [0.15, 0.2) is 25.3 Å². The molecule has 0 spiro atoms. The minimum Gasteiger partial charge on any atom is -0.460 e. The van der Waals surface area contributed by atoms with E-state index in [1.165, 1.54) is 0 Å². The van der Waals surface area contributed by atoms with Crippen molar-refractivity contribution in [2.24, 2.45) is 0 Å². The SMILES string of the molecule is C=CC(=O)OC(C)CCCP(=O)(O)CCCC(C)OC(=O)C=C. The molecule has 0 aliphatic carbocycles. The predicted molar refractivity (Wildman–Crippen MR) is 89.5 cm³/mol. The number of hydrogen-bond acceptors (Lipinski definition) is 5. The van der Waals surface area contributed by atoms with Gasteiger partial charge in [0.05, 0.1) is 12.2 Å². The topological polar surface area (TPSA) is 89.9 Å². The number of carbonyl (C=O) groups is 2. The highest BCUT2D eigenvalue weighted by Crippen LogP contribution is 2.42. The Bertz CT molecular complexity index is 421. The van der Waals surface area contributed by atoms with Crippen molar-refractivity contribution in [2.75, 3.05) is 12.3 Å². The third-order valence-electron chi connectivity index (χ3n) is 3.20. The molecule has 0 aromatic carbocycles. The van der Waals surface area contributed by atoms with Crippen LogP contribution in [0.3, 0.4) is 0 Å². The highest BCUT2D eigenvalue weighted by molar-refractivity contribution is 7.57. The Morgan fingerprint density at radius 3 is 1.65 bits per heavy atom. The first-order chi connectivity index (χ1) is 10.7. The predicted octanol–water partition coefficient (Wildman–Crippen LogP) is 3.05. The lowest BCUT2D eigenvalue weighted by molar-refractivity contribution is -0.143. The fourth-order valence-electron chi connectivity index (χ4n) is 1.97. The van der Waals surface area contributed by atoms with Crippen LogP contribution in [0.2, 0.25) is 0 Å². The molecule has 1 N–H and O–H groups in total. The standard InChI is InChI=1S/C16H27O6P/c1-5-15(17)21-13(3)9-7-11-23(19,20)12-8-10-14(4)22-16(18)6-2/h5-6,13-14H,1-2,7-12H2,3-4H3,(H,19,20). The van der Waals surface area contributed by atoms with Gasteiger partial charge in [-0.1, -0.05) is 13.2 Å². The van der Waals surface area contributed by atoms with Crippen LogP contribution in [0.4, 0.5) is 0 Å². The zero-order chi connectivity index (χ0) is 17.9. The first-order valence-electron chi connectivity index (χ1n) is 7.67. The maximum absolute atomic E-state index is 12.0. The van der Waals surface area contributed by atoms with E-state index in [0.717, 1.165) is 12.2 Å². The molecule has 0 aliphatic heterocycles. The summed E-state index contributed by atoms with van der Waals surface area (Å²) in [6.07, 6.45) is 3.99. The van der Waals surface area contributed by atoms with E-state index in [9.17, 15) is 19.0 Å². The van der Waals surface area contributed by atoms with Gasteiger partial charge in [0.1, 0.15) is 0 Å². The summed E-state index contributed by atoms with van der Waals surface area (Å²) in [4.78, 5) is 31.9. The highest BCUT2D eigenvalue weighted by atomic mass is 31.2. The molecule has 0 aromatic heterocycles. The average Bonchev–Trinajstić information content (AvgIpc) is 2.46. The summed E-state index contributed by atoms with van der Waals surface area (Å²) in [5, 5.41) is 0. The van der Waals surface area contributed by atoms with Gasteiger partial charge in [-0.05, 0) is 39.5 Å². The molecule has 0 amide bonds. The molecule has 2 unspecified atom stereocenters. The van der Waals surface area contributed by atoms with E-state index in [2.05, 4.69) is 13.2 Å². The van der Waals surface area contributed by atoms with Gasteiger partial charge in [0.2, 0.25) is 7.37 Å². The van der Waals surface area contributed by atoms with Crippen molar-refractivity contribution >= 4 is 19.3 Å². The second-order valence-electron chi connectivity index (χ2n) is 5.48. The average molecular weight is 346 g/mol. The molecule has 0 rings (SSSR count). The third kappa shape index (κ3) is 11.8. The summed E-state index contributed by atoms with van der Waals surface area (Å²) in [6, 6.07) is 0. The monoisotopic (exact) mass is 346 g/mol. The fraction of sp³-hybridized carbons (Fsp3) is 0.625. The van der Waals surface area contributed by atoms with Gasteiger partial charge < -0.3 is 14.4 Å². The molecule has 0 aromatic rings. The maximum atomic E-state index is 12.0. The van der Waals surface area contributed by atoms with Crippen molar-refractivity contribution in [3.05, 3.63) is 25.3 Å². The molecule has 0 fully saturated rings. The van der Waals surface area contributed by atoms with Crippen LogP contribution < -0.4 is 0 Å². The summed E-state index contributed by atoms with van der Waals surface area (Å²) >= 11 is 0. The van der Waals surface area contributed by atoms with Crippen LogP contribution in [0.1, 0.15) is 39.5 Å². The first-order valence-corrected chi connectivity index (χ1v) is 9.70. The van der Waals surface area contributed by atoms with Gasteiger partial charge in [0.15, 0.2) is 0 Å². The van der Waals surface area contributed by atoms with Gasteiger partial charge in [-0.2, -0.15) is 0 Å². The normalized spacial score (nSPS) is 15.8. The molecule has 7 heteroatoms. The minimum absolute atomic E-state index is 0.184. The van der Waals surface area contributed by atoms with Crippen LogP contribution in [0.5, 0.6) is 0 Å². The van der Waals surface area contributed by atoms with E-state index < -0.39 is 19.3 Å². The molecule has 0 aliphatic rings. The van der Waals surface area contributed by atoms with Crippen LogP contribution in [-0.2, 0) is 23.6 Å². The van der Waals surface area contributed by atoms with Gasteiger partial charge in [0.25, 0.3) is 0 Å². The quantitative estimate of drug-likeness (QED) is 0.332. The Kier molecular flexibility index (Phi) is 10.5. The van der Waals surface area contributed by atoms with E-state index in [4.69, 9.17) is 9.47 Å². The van der Waals surface area contributed by atoms with Crippen LogP contribution in [0, 0.1) is 0 Å². The van der Waals surface area contributed by atoms with Crippen LogP contribution >= 0.6 is 7.37 Å². The number of hydrogen-bond donors (Lipinski definition) is 1. The molecule has 2 atom stereocenters. The Morgan fingerprint density at radius 1 is 1.00 bits per heavy atom. The highest BCUT2D eigenvalue weighted by Gasteiger charge is 2.19. The number of rotatable bonds is 12. The molecule has 0 saturated heterocycles.